The van der Waals surface area contributed by atoms with Gasteiger partial charge in [0.25, 0.3) is 0 Å². The number of para-hydroxylation sites is 1. The van der Waals surface area contributed by atoms with Crippen molar-refractivity contribution in [3.05, 3.63) is 29.8 Å². The van der Waals surface area contributed by atoms with Gasteiger partial charge in [-0.2, -0.15) is 0 Å². The van der Waals surface area contributed by atoms with E-state index >= 15 is 0 Å². The smallest absolute Gasteiger partial charge is 0.227 e. The van der Waals surface area contributed by atoms with Crippen LogP contribution in [0.4, 0.5) is 5.69 Å². The lowest BCUT2D eigenvalue weighted by atomic mass is 10.1. The van der Waals surface area contributed by atoms with Gasteiger partial charge in [-0.05, 0) is 18.1 Å². The predicted molar refractivity (Wildman–Crippen MR) is 67.0 cm³/mol. The largest absolute Gasteiger partial charge is 0.306 e. The number of aliphatic imine (C=N–C) groups is 1. The molecule has 1 aromatic rings. The zero-order chi connectivity index (χ0) is 12.0. The lowest BCUT2D eigenvalue weighted by Crippen LogP contribution is -2.23. The van der Waals surface area contributed by atoms with Crippen molar-refractivity contribution in [1.29, 1.82) is 0 Å². The second-order valence-electron chi connectivity index (χ2n) is 3.59. The summed E-state index contributed by atoms with van der Waals surface area (Å²) in [5.41, 5.74) is 2.12. The first-order valence-corrected chi connectivity index (χ1v) is 5.56. The van der Waals surface area contributed by atoms with Crippen LogP contribution in [0.25, 0.3) is 0 Å². The number of hydrogen-bond donors (Lipinski definition) is 0. The van der Waals surface area contributed by atoms with Gasteiger partial charge in [0.05, 0.1) is 12.0 Å². The molecule has 0 heterocycles. The lowest BCUT2D eigenvalue weighted by Gasteiger charge is -2.09. The molecule has 0 aliphatic carbocycles. The summed E-state index contributed by atoms with van der Waals surface area (Å²) in [7, 11) is 1.73. The van der Waals surface area contributed by atoms with E-state index in [0.717, 1.165) is 12.1 Å². The van der Waals surface area contributed by atoms with Crippen LogP contribution in [0, 0.1) is 0 Å². The number of benzene rings is 1. The van der Waals surface area contributed by atoms with E-state index in [1.165, 1.54) is 10.5 Å². The summed E-state index contributed by atoms with van der Waals surface area (Å²) in [5.74, 6) is 0.0673. The first kappa shape index (κ1) is 12.4. The van der Waals surface area contributed by atoms with Crippen molar-refractivity contribution in [3.63, 3.8) is 0 Å². The zero-order valence-electron chi connectivity index (χ0n) is 10.1. The highest BCUT2D eigenvalue weighted by atomic mass is 16.2. The number of nitrogens with zero attached hydrogens (tertiary/aromatic N) is 2. The van der Waals surface area contributed by atoms with Gasteiger partial charge in [-0.25, -0.2) is 4.99 Å². The van der Waals surface area contributed by atoms with Gasteiger partial charge in [0.2, 0.25) is 5.91 Å². The highest BCUT2D eigenvalue weighted by Gasteiger charge is 2.02. The number of carbonyl (C=O) groups is 1. The molecule has 3 nitrogen and oxygen atoms in total. The average Bonchev–Trinajstić information content (AvgIpc) is 2.35. The summed E-state index contributed by atoms with van der Waals surface area (Å²) in [6, 6.07) is 7.96. The van der Waals surface area contributed by atoms with Gasteiger partial charge >= 0.3 is 0 Å². The minimum atomic E-state index is 0.0673. The van der Waals surface area contributed by atoms with Gasteiger partial charge in [-0.3, -0.25) is 4.79 Å². The number of amides is 1. The van der Waals surface area contributed by atoms with E-state index in [4.69, 9.17) is 0 Å². The first-order valence-electron chi connectivity index (χ1n) is 5.56. The summed E-state index contributed by atoms with van der Waals surface area (Å²) in [5, 5.41) is 0. The molecular weight excluding hydrogens is 200 g/mol. The van der Waals surface area contributed by atoms with Crippen LogP contribution in [0.1, 0.15) is 25.8 Å². The number of aryl methyl sites for hydroxylation is 1. The van der Waals surface area contributed by atoms with Crippen LogP contribution in [0.5, 0.6) is 0 Å². The molecule has 3 heteroatoms. The second kappa shape index (κ2) is 6.05. The van der Waals surface area contributed by atoms with Crippen molar-refractivity contribution < 1.29 is 4.79 Å². The van der Waals surface area contributed by atoms with Gasteiger partial charge in [-0.1, -0.05) is 32.0 Å². The Balaban J connectivity index is 2.79. The van der Waals surface area contributed by atoms with Crippen LogP contribution >= 0.6 is 0 Å². The minimum Gasteiger partial charge on any atom is -0.306 e. The van der Waals surface area contributed by atoms with Crippen LogP contribution < -0.4 is 0 Å². The maximum atomic E-state index is 11.3. The molecule has 0 saturated heterocycles. The minimum absolute atomic E-state index is 0.0673. The number of carbonyl (C=O) groups excluding carboxylic acids is 1. The Hall–Kier alpha value is -1.64. The van der Waals surface area contributed by atoms with Crippen molar-refractivity contribution in [3.8, 4) is 0 Å². The molecule has 16 heavy (non-hydrogen) atoms. The van der Waals surface area contributed by atoms with E-state index < -0.39 is 0 Å². The third kappa shape index (κ3) is 3.19. The standard InChI is InChI=1S/C13H18N2O/c1-4-11-8-6-7-9-12(11)14-10-15(3)13(16)5-2/h6-10H,4-5H2,1-3H3. The van der Waals surface area contributed by atoms with Gasteiger partial charge in [0.15, 0.2) is 0 Å². The first-order chi connectivity index (χ1) is 7.69. The monoisotopic (exact) mass is 218 g/mol. The van der Waals surface area contributed by atoms with E-state index in [1.54, 1.807) is 13.4 Å². The lowest BCUT2D eigenvalue weighted by molar-refractivity contribution is -0.125. The highest BCUT2D eigenvalue weighted by Crippen LogP contribution is 2.18. The van der Waals surface area contributed by atoms with E-state index in [1.807, 2.05) is 31.2 Å². The molecule has 1 aromatic carbocycles. The fourth-order valence-electron chi connectivity index (χ4n) is 1.40. The molecule has 0 N–H and O–H groups in total. The molecule has 1 rings (SSSR count). The maximum absolute atomic E-state index is 11.3. The Labute approximate surface area is 96.8 Å². The van der Waals surface area contributed by atoms with Crippen molar-refractivity contribution in [2.75, 3.05) is 7.05 Å². The Morgan fingerprint density at radius 1 is 1.38 bits per heavy atom. The summed E-state index contributed by atoms with van der Waals surface area (Å²) < 4.78 is 0. The van der Waals surface area contributed by atoms with Crippen LogP contribution in [0.2, 0.25) is 0 Å². The molecule has 0 aromatic heterocycles. The molecule has 0 spiro atoms. The Bertz CT molecular complexity index is 385. The maximum Gasteiger partial charge on any atom is 0.227 e. The van der Waals surface area contributed by atoms with Crippen molar-refractivity contribution in [2.24, 2.45) is 4.99 Å². The molecule has 0 aliphatic heterocycles. The summed E-state index contributed by atoms with van der Waals surface area (Å²) >= 11 is 0. The number of hydrogen-bond acceptors (Lipinski definition) is 2. The molecule has 0 unspecified atom stereocenters. The third-order valence-electron chi connectivity index (χ3n) is 2.44. The van der Waals surface area contributed by atoms with Crippen molar-refractivity contribution in [2.45, 2.75) is 26.7 Å². The average molecular weight is 218 g/mol. The molecule has 0 atom stereocenters. The molecule has 86 valence electrons. The van der Waals surface area contributed by atoms with Gasteiger partial charge in [-0.15, -0.1) is 0 Å². The van der Waals surface area contributed by atoms with Gasteiger partial charge < -0.3 is 4.90 Å². The zero-order valence-corrected chi connectivity index (χ0v) is 10.1. The fourth-order valence-corrected chi connectivity index (χ4v) is 1.40. The molecule has 0 saturated carbocycles. The van der Waals surface area contributed by atoms with Crippen LogP contribution in [0.3, 0.4) is 0 Å². The van der Waals surface area contributed by atoms with Crippen LogP contribution in [-0.2, 0) is 11.2 Å². The van der Waals surface area contributed by atoms with Gasteiger partial charge in [0, 0.05) is 13.5 Å². The SMILES string of the molecule is CCC(=O)N(C)C=Nc1ccccc1CC. The molecule has 0 bridgehead atoms. The normalized spacial score (nSPS) is 10.7. The Kier molecular flexibility index (Phi) is 4.70. The molecule has 1 amide bonds. The molecule has 0 fully saturated rings. The van der Waals surface area contributed by atoms with E-state index in [0.29, 0.717) is 6.42 Å². The quantitative estimate of drug-likeness (QED) is 0.565. The highest BCUT2D eigenvalue weighted by molar-refractivity contribution is 5.87. The number of rotatable bonds is 4. The molecule has 0 aliphatic rings. The molecular formula is C13H18N2O. The van der Waals surface area contributed by atoms with Gasteiger partial charge in [0.1, 0.15) is 0 Å². The topological polar surface area (TPSA) is 32.7 Å². The predicted octanol–water partition coefficient (Wildman–Crippen LogP) is 2.78. The molecule has 0 radical (unpaired) electrons. The van der Waals surface area contributed by atoms with E-state index in [9.17, 15) is 4.79 Å². The third-order valence-corrected chi connectivity index (χ3v) is 2.44. The Morgan fingerprint density at radius 2 is 2.06 bits per heavy atom. The van der Waals surface area contributed by atoms with Crippen LogP contribution in [0.15, 0.2) is 29.3 Å². The summed E-state index contributed by atoms with van der Waals surface area (Å²) in [4.78, 5) is 17.2. The fraction of sp³-hybridized carbons (Fsp3) is 0.385. The Morgan fingerprint density at radius 3 is 2.69 bits per heavy atom. The van der Waals surface area contributed by atoms with E-state index in [2.05, 4.69) is 11.9 Å². The second-order valence-corrected chi connectivity index (χ2v) is 3.59. The van der Waals surface area contributed by atoms with E-state index in [-0.39, 0.29) is 5.91 Å². The van der Waals surface area contributed by atoms with Crippen molar-refractivity contribution in [1.82, 2.24) is 4.90 Å². The summed E-state index contributed by atoms with van der Waals surface area (Å²) in [6.07, 6.45) is 3.03. The summed E-state index contributed by atoms with van der Waals surface area (Å²) in [6.45, 7) is 3.93. The van der Waals surface area contributed by atoms with Crippen molar-refractivity contribution >= 4 is 17.9 Å². The van der Waals surface area contributed by atoms with Crippen LogP contribution in [-0.4, -0.2) is 24.2 Å².